The van der Waals surface area contributed by atoms with Crippen molar-refractivity contribution in [3.63, 3.8) is 0 Å². The van der Waals surface area contributed by atoms with Gasteiger partial charge in [-0.1, -0.05) is 11.8 Å². The number of methoxy groups -OCH3 is 3. The lowest BCUT2D eigenvalue weighted by Crippen LogP contribution is -2.21. The van der Waals surface area contributed by atoms with E-state index in [1.54, 1.807) is 33.3 Å². The molecule has 0 saturated carbocycles. The summed E-state index contributed by atoms with van der Waals surface area (Å²) < 4.78 is 17.7. The Morgan fingerprint density at radius 1 is 1.06 bits per heavy atom. The van der Waals surface area contributed by atoms with E-state index in [2.05, 4.69) is 20.7 Å². The van der Waals surface area contributed by atoms with Crippen molar-refractivity contribution in [3.05, 3.63) is 42.0 Å². The van der Waals surface area contributed by atoms with Crippen molar-refractivity contribution in [1.82, 2.24) is 20.2 Å². The number of nitrogens with one attached hydrogen (secondary N) is 1. The maximum atomic E-state index is 12.4. The first-order valence-corrected chi connectivity index (χ1v) is 11.4. The molecule has 2 N–H and O–H groups in total. The van der Waals surface area contributed by atoms with Crippen LogP contribution in [0, 0.1) is 0 Å². The standard InChI is InChI=1S/C23H27N5O5S/c1-6-28-22(16-8-10-18(31-3)20(12-16)33-5)26-27-23(28)34-13-21(30)25-24-14(2)15-7-9-17(29)19(11-15)32-4/h7-12,29H,6,13H2,1-5H3,(H,25,30). The van der Waals surface area contributed by atoms with Crippen molar-refractivity contribution < 1.29 is 24.1 Å². The van der Waals surface area contributed by atoms with Crippen LogP contribution >= 0.6 is 11.8 Å². The van der Waals surface area contributed by atoms with Crippen molar-refractivity contribution in [2.45, 2.75) is 25.5 Å². The van der Waals surface area contributed by atoms with Gasteiger partial charge >= 0.3 is 0 Å². The summed E-state index contributed by atoms with van der Waals surface area (Å²) in [6.45, 7) is 4.36. The lowest BCUT2D eigenvalue weighted by molar-refractivity contribution is -0.118. The number of ether oxygens (including phenoxy) is 3. The van der Waals surface area contributed by atoms with Gasteiger partial charge in [-0.05, 0) is 50.2 Å². The molecule has 0 aliphatic heterocycles. The summed E-state index contributed by atoms with van der Waals surface area (Å²) in [7, 11) is 4.63. The summed E-state index contributed by atoms with van der Waals surface area (Å²) in [6.07, 6.45) is 0. The third-order valence-electron chi connectivity index (χ3n) is 4.95. The fourth-order valence-electron chi connectivity index (χ4n) is 3.15. The van der Waals surface area contributed by atoms with Crippen LogP contribution in [-0.4, -0.2) is 58.6 Å². The summed E-state index contributed by atoms with van der Waals surface area (Å²) in [6, 6.07) is 10.4. The molecule has 0 saturated heterocycles. The molecule has 2 aromatic carbocycles. The zero-order valence-corrected chi connectivity index (χ0v) is 20.5. The molecule has 0 unspecified atom stereocenters. The highest BCUT2D eigenvalue weighted by molar-refractivity contribution is 7.99. The summed E-state index contributed by atoms with van der Waals surface area (Å²) in [5.41, 5.74) is 4.66. The normalized spacial score (nSPS) is 11.3. The number of carbonyl (C=O) groups excluding carboxylic acids is 1. The van der Waals surface area contributed by atoms with Gasteiger partial charge in [-0.25, -0.2) is 5.43 Å². The number of carbonyl (C=O) groups is 1. The minimum atomic E-state index is -0.284. The molecule has 0 atom stereocenters. The molecule has 0 aliphatic rings. The van der Waals surface area contributed by atoms with Crippen LogP contribution in [0.2, 0.25) is 0 Å². The van der Waals surface area contributed by atoms with E-state index in [4.69, 9.17) is 14.2 Å². The number of phenolic OH excluding ortho intramolecular Hbond substituents is 1. The number of thioether (sulfide) groups is 1. The summed E-state index contributed by atoms with van der Waals surface area (Å²) in [5, 5.41) is 23.0. The Labute approximate surface area is 201 Å². The first-order chi connectivity index (χ1) is 16.4. The molecular weight excluding hydrogens is 458 g/mol. The van der Waals surface area contributed by atoms with Crippen LogP contribution in [0.15, 0.2) is 46.7 Å². The Balaban J connectivity index is 1.67. The number of hydrazone groups is 1. The minimum absolute atomic E-state index is 0.0342. The average molecular weight is 486 g/mol. The number of amides is 1. The van der Waals surface area contributed by atoms with Gasteiger partial charge in [0.15, 0.2) is 34.0 Å². The zero-order valence-electron chi connectivity index (χ0n) is 19.7. The number of phenols is 1. The number of hydrogen-bond donors (Lipinski definition) is 2. The molecule has 34 heavy (non-hydrogen) atoms. The zero-order chi connectivity index (χ0) is 24.7. The van der Waals surface area contributed by atoms with Gasteiger partial charge in [0.05, 0.1) is 32.8 Å². The molecule has 1 heterocycles. The SMILES string of the molecule is CCn1c(SCC(=O)NN=C(C)c2ccc(O)c(OC)c2)nnc1-c1ccc(OC)c(OC)c1. The van der Waals surface area contributed by atoms with Gasteiger partial charge < -0.3 is 23.9 Å². The molecule has 3 rings (SSSR count). The summed E-state index contributed by atoms with van der Waals surface area (Å²) >= 11 is 1.27. The first kappa shape index (κ1) is 24.9. The van der Waals surface area contributed by atoms with Crippen molar-refractivity contribution >= 4 is 23.4 Å². The number of benzene rings is 2. The molecule has 0 spiro atoms. The lowest BCUT2D eigenvalue weighted by atomic mass is 10.1. The van der Waals surface area contributed by atoms with Gasteiger partial charge in [0.25, 0.3) is 5.91 Å². The Bertz CT molecular complexity index is 1190. The van der Waals surface area contributed by atoms with Crippen LogP contribution in [0.4, 0.5) is 0 Å². The number of nitrogens with zero attached hydrogens (tertiary/aromatic N) is 4. The van der Waals surface area contributed by atoms with Crippen LogP contribution in [0.5, 0.6) is 23.0 Å². The van der Waals surface area contributed by atoms with Crippen LogP contribution in [0.1, 0.15) is 19.4 Å². The first-order valence-electron chi connectivity index (χ1n) is 10.4. The largest absolute Gasteiger partial charge is 0.504 e. The average Bonchev–Trinajstić information content (AvgIpc) is 3.28. The molecule has 0 radical (unpaired) electrons. The molecule has 0 aliphatic carbocycles. The number of hydrogen-bond acceptors (Lipinski definition) is 9. The molecule has 1 amide bonds. The summed E-state index contributed by atoms with van der Waals surface area (Å²) in [5.74, 6) is 2.08. The monoisotopic (exact) mass is 485 g/mol. The smallest absolute Gasteiger partial charge is 0.250 e. The highest BCUT2D eigenvalue weighted by Crippen LogP contribution is 2.33. The van der Waals surface area contributed by atoms with E-state index in [0.29, 0.717) is 46.0 Å². The van der Waals surface area contributed by atoms with Gasteiger partial charge in [-0.2, -0.15) is 5.10 Å². The minimum Gasteiger partial charge on any atom is -0.504 e. The molecule has 11 heteroatoms. The maximum Gasteiger partial charge on any atom is 0.250 e. The molecule has 0 fully saturated rings. The predicted molar refractivity (Wildman–Crippen MR) is 130 cm³/mol. The van der Waals surface area contributed by atoms with E-state index >= 15 is 0 Å². The molecule has 1 aromatic heterocycles. The Morgan fingerprint density at radius 2 is 1.79 bits per heavy atom. The van der Waals surface area contributed by atoms with E-state index in [1.807, 2.05) is 29.7 Å². The Hall–Kier alpha value is -3.73. The van der Waals surface area contributed by atoms with Gasteiger partial charge in [-0.15, -0.1) is 10.2 Å². The predicted octanol–water partition coefficient (Wildman–Crippen LogP) is 3.33. The van der Waals surface area contributed by atoms with E-state index in [-0.39, 0.29) is 17.4 Å². The third-order valence-corrected chi connectivity index (χ3v) is 5.92. The maximum absolute atomic E-state index is 12.4. The third kappa shape index (κ3) is 5.60. The molecule has 180 valence electrons. The highest BCUT2D eigenvalue weighted by atomic mass is 32.2. The van der Waals surface area contributed by atoms with Crippen LogP contribution in [0.25, 0.3) is 11.4 Å². The second-order valence-corrected chi connectivity index (χ2v) is 7.97. The van der Waals surface area contributed by atoms with Gasteiger partial charge in [0.1, 0.15) is 0 Å². The van der Waals surface area contributed by atoms with Crippen LogP contribution in [0.3, 0.4) is 0 Å². The van der Waals surface area contributed by atoms with Crippen molar-refractivity contribution in [3.8, 4) is 34.4 Å². The lowest BCUT2D eigenvalue weighted by Gasteiger charge is -2.11. The molecule has 10 nitrogen and oxygen atoms in total. The fraction of sp³-hybridized carbons (Fsp3) is 0.304. The number of rotatable bonds is 10. The number of aromatic nitrogens is 3. The van der Waals surface area contributed by atoms with Gasteiger partial charge in [-0.3, -0.25) is 4.79 Å². The molecular formula is C23H27N5O5S. The van der Waals surface area contributed by atoms with Gasteiger partial charge in [0.2, 0.25) is 0 Å². The van der Waals surface area contributed by atoms with Gasteiger partial charge in [0, 0.05) is 17.7 Å². The second-order valence-electron chi connectivity index (χ2n) is 7.03. The van der Waals surface area contributed by atoms with E-state index in [0.717, 1.165) is 5.56 Å². The van der Waals surface area contributed by atoms with E-state index in [1.165, 1.54) is 24.9 Å². The molecule has 3 aromatic rings. The Kier molecular flexibility index (Phi) is 8.36. The van der Waals surface area contributed by atoms with Crippen molar-refractivity contribution in [2.24, 2.45) is 5.10 Å². The quantitative estimate of drug-likeness (QED) is 0.255. The van der Waals surface area contributed by atoms with E-state index < -0.39 is 0 Å². The van der Waals surface area contributed by atoms with Crippen LogP contribution < -0.4 is 19.6 Å². The van der Waals surface area contributed by atoms with E-state index in [9.17, 15) is 9.90 Å². The van der Waals surface area contributed by atoms with Crippen LogP contribution in [-0.2, 0) is 11.3 Å². The van der Waals surface area contributed by atoms with Crippen molar-refractivity contribution in [2.75, 3.05) is 27.1 Å². The fourth-order valence-corrected chi connectivity index (χ4v) is 3.94. The second kappa shape index (κ2) is 11.4. The highest BCUT2D eigenvalue weighted by Gasteiger charge is 2.16. The Morgan fingerprint density at radius 3 is 2.47 bits per heavy atom. The van der Waals surface area contributed by atoms with Crippen molar-refractivity contribution in [1.29, 1.82) is 0 Å². The summed E-state index contributed by atoms with van der Waals surface area (Å²) in [4.78, 5) is 12.4. The molecule has 0 bridgehead atoms. The number of aromatic hydroxyl groups is 1. The topological polar surface area (TPSA) is 120 Å².